The van der Waals surface area contributed by atoms with Gasteiger partial charge in [0.05, 0.1) is 18.4 Å². The first-order valence-electron chi connectivity index (χ1n) is 10.9. The number of aliphatic imine (C=N–C) groups is 1. The van der Waals surface area contributed by atoms with Crippen LogP contribution in [0.1, 0.15) is 59.3 Å². The highest BCUT2D eigenvalue weighted by atomic mass is 16.5. The molecule has 0 bridgehead atoms. The van der Waals surface area contributed by atoms with Crippen molar-refractivity contribution < 1.29 is 4.74 Å². The van der Waals surface area contributed by atoms with Gasteiger partial charge in [-0.1, -0.05) is 20.8 Å². The van der Waals surface area contributed by atoms with Crippen LogP contribution in [0.5, 0.6) is 5.75 Å². The smallest absolute Gasteiger partial charge is 0.199 e. The van der Waals surface area contributed by atoms with Crippen molar-refractivity contribution in [3.63, 3.8) is 0 Å². The van der Waals surface area contributed by atoms with Crippen LogP contribution < -0.4 is 15.8 Å². The van der Waals surface area contributed by atoms with E-state index in [2.05, 4.69) is 37.1 Å². The number of benzene rings is 1. The van der Waals surface area contributed by atoms with Gasteiger partial charge in [-0.25, -0.2) is 4.99 Å². The summed E-state index contributed by atoms with van der Waals surface area (Å²) in [4.78, 5) is 7.39. The molecule has 3 N–H and O–H groups in total. The maximum absolute atomic E-state index is 8.60. The lowest BCUT2D eigenvalue weighted by atomic mass is 9.94. The first-order chi connectivity index (χ1) is 14.0. The normalized spacial score (nSPS) is 17.7. The third-order valence-electron chi connectivity index (χ3n) is 5.42. The Morgan fingerprint density at radius 3 is 2.76 bits per heavy atom. The third-order valence-corrected chi connectivity index (χ3v) is 5.42. The summed E-state index contributed by atoms with van der Waals surface area (Å²) in [5.41, 5.74) is 6.85. The van der Waals surface area contributed by atoms with Crippen LogP contribution in [0.2, 0.25) is 0 Å². The lowest BCUT2D eigenvalue weighted by Crippen LogP contribution is -2.51. The average molecular weight is 400 g/mol. The fourth-order valence-corrected chi connectivity index (χ4v) is 3.38. The highest BCUT2D eigenvalue weighted by molar-refractivity contribution is 5.83. The fourth-order valence-electron chi connectivity index (χ4n) is 3.38. The minimum atomic E-state index is 0.0133. The molecule has 6 nitrogen and oxygen atoms in total. The molecule has 1 unspecified atom stereocenters. The molecule has 1 fully saturated rings. The van der Waals surface area contributed by atoms with Crippen LogP contribution in [-0.4, -0.2) is 43.1 Å². The van der Waals surface area contributed by atoms with Gasteiger partial charge in [0.15, 0.2) is 5.96 Å². The molecule has 0 spiro atoms. The highest BCUT2D eigenvalue weighted by Gasteiger charge is 2.25. The van der Waals surface area contributed by atoms with E-state index in [0.717, 1.165) is 43.3 Å². The highest BCUT2D eigenvalue weighted by Crippen LogP contribution is 2.23. The minimum absolute atomic E-state index is 0.0133. The van der Waals surface area contributed by atoms with Gasteiger partial charge in [0, 0.05) is 25.6 Å². The van der Waals surface area contributed by atoms with Gasteiger partial charge in [-0.15, -0.1) is 0 Å². The zero-order valence-corrected chi connectivity index (χ0v) is 18.3. The van der Waals surface area contributed by atoms with Crippen LogP contribution >= 0.6 is 0 Å². The number of unbranched alkanes of at least 4 members (excludes halogenated alkanes) is 1. The summed E-state index contributed by atoms with van der Waals surface area (Å²) in [6.45, 7) is 9.60. The van der Waals surface area contributed by atoms with Crippen LogP contribution in [0.15, 0.2) is 29.3 Å². The lowest BCUT2D eigenvalue weighted by Gasteiger charge is -2.38. The van der Waals surface area contributed by atoms with Gasteiger partial charge in [0.2, 0.25) is 0 Å². The van der Waals surface area contributed by atoms with Crippen molar-refractivity contribution in [2.24, 2.45) is 16.1 Å². The molecule has 1 saturated heterocycles. The maximum Gasteiger partial charge on any atom is 0.199 e. The molecule has 0 aliphatic carbocycles. The summed E-state index contributed by atoms with van der Waals surface area (Å²) in [6, 6.07) is 10.5. The van der Waals surface area contributed by atoms with Crippen molar-refractivity contribution in [3.8, 4) is 11.8 Å². The zero-order chi connectivity index (χ0) is 21.1. The number of rotatable bonds is 9. The van der Waals surface area contributed by atoms with Gasteiger partial charge in [-0.3, -0.25) is 0 Å². The van der Waals surface area contributed by atoms with E-state index in [9.17, 15) is 0 Å². The summed E-state index contributed by atoms with van der Waals surface area (Å²) in [6.07, 6.45) is 6.09. The average Bonchev–Trinajstić information content (AvgIpc) is 2.75. The number of hydrogen-bond acceptors (Lipinski definition) is 4. The van der Waals surface area contributed by atoms with Crippen LogP contribution in [0, 0.1) is 16.7 Å². The quantitative estimate of drug-likeness (QED) is 0.369. The Hall–Kier alpha value is -2.26. The van der Waals surface area contributed by atoms with Gasteiger partial charge >= 0.3 is 0 Å². The van der Waals surface area contributed by atoms with Crippen LogP contribution in [0.4, 0.5) is 5.69 Å². The number of nitriles is 1. The predicted octanol–water partition coefficient (Wildman–Crippen LogP) is 4.20. The van der Waals surface area contributed by atoms with E-state index in [1.54, 1.807) is 0 Å². The molecule has 0 saturated carbocycles. The number of piperidine rings is 1. The van der Waals surface area contributed by atoms with Crippen molar-refractivity contribution in [1.29, 1.82) is 5.26 Å². The Bertz CT molecular complexity index is 678. The van der Waals surface area contributed by atoms with Gasteiger partial charge in [-0.05, 0) is 68.3 Å². The molecule has 29 heavy (non-hydrogen) atoms. The second-order valence-corrected chi connectivity index (χ2v) is 8.51. The Balaban J connectivity index is 2.14. The summed E-state index contributed by atoms with van der Waals surface area (Å²) >= 11 is 0. The Labute approximate surface area is 176 Å². The molecule has 2 rings (SSSR count). The van der Waals surface area contributed by atoms with Crippen molar-refractivity contribution >= 4 is 11.6 Å². The van der Waals surface area contributed by atoms with Crippen molar-refractivity contribution in [3.05, 3.63) is 24.3 Å². The SMILES string of the molecule is CCC1CCCCN1/C(=N\c1ccc(OCCCC#N)cc1)NCC(C)(C)CN. The molecule has 1 heterocycles. The molecule has 6 heteroatoms. The van der Waals surface area contributed by atoms with E-state index in [4.69, 9.17) is 20.7 Å². The van der Waals surface area contributed by atoms with Crippen molar-refractivity contribution in [2.75, 3.05) is 26.2 Å². The van der Waals surface area contributed by atoms with Gasteiger partial charge < -0.3 is 20.7 Å². The Morgan fingerprint density at radius 1 is 1.34 bits per heavy atom. The van der Waals surface area contributed by atoms with E-state index >= 15 is 0 Å². The molecule has 0 radical (unpaired) electrons. The number of nitrogens with one attached hydrogen (secondary N) is 1. The van der Waals surface area contributed by atoms with E-state index in [0.29, 0.717) is 25.6 Å². The molecule has 160 valence electrons. The molecule has 1 atom stereocenters. The fraction of sp³-hybridized carbons (Fsp3) is 0.652. The molecule has 0 aromatic heterocycles. The zero-order valence-electron chi connectivity index (χ0n) is 18.3. The second-order valence-electron chi connectivity index (χ2n) is 8.51. The first-order valence-corrected chi connectivity index (χ1v) is 10.9. The number of hydrogen-bond donors (Lipinski definition) is 2. The summed E-state index contributed by atoms with van der Waals surface area (Å²) in [5, 5.41) is 12.2. The van der Waals surface area contributed by atoms with Crippen LogP contribution in [-0.2, 0) is 0 Å². The van der Waals surface area contributed by atoms with E-state index in [-0.39, 0.29) is 5.41 Å². The largest absolute Gasteiger partial charge is 0.494 e. The van der Waals surface area contributed by atoms with Crippen molar-refractivity contribution in [1.82, 2.24) is 10.2 Å². The molecular weight excluding hydrogens is 362 g/mol. The topological polar surface area (TPSA) is 86.7 Å². The van der Waals surface area contributed by atoms with Gasteiger partial charge in [-0.2, -0.15) is 5.26 Å². The summed E-state index contributed by atoms with van der Waals surface area (Å²) in [5.74, 6) is 1.76. The summed E-state index contributed by atoms with van der Waals surface area (Å²) < 4.78 is 5.69. The minimum Gasteiger partial charge on any atom is -0.494 e. The van der Waals surface area contributed by atoms with E-state index < -0.39 is 0 Å². The van der Waals surface area contributed by atoms with Gasteiger partial charge in [0.25, 0.3) is 0 Å². The Morgan fingerprint density at radius 2 is 2.10 bits per heavy atom. The Kier molecular flexibility index (Phi) is 9.27. The molecule has 1 aromatic carbocycles. The molecule has 1 aliphatic heterocycles. The maximum atomic E-state index is 8.60. The van der Waals surface area contributed by atoms with E-state index in [1.165, 1.54) is 19.3 Å². The summed E-state index contributed by atoms with van der Waals surface area (Å²) in [7, 11) is 0. The number of likely N-dealkylation sites (tertiary alicyclic amines) is 1. The number of nitrogens with zero attached hydrogens (tertiary/aromatic N) is 3. The standard InChI is InChI=1S/C23H37N5O/c1-4-20-9-5-7-15-28(20)22(26-18-23(2,3)17-25)27-19-10-12-21(13-11-19)29-16-8-6-14-24/h10-13,20H,4-9,15-18,25H2,1-3H3,(H,26,27). The molecule has 1 aliphatic rings. The monoisotopic (exact) mass is 399 g/mol. The van der Waals surface area contributed by atoms with Gasteiger partial charge in [0.1, 0.15) is 5.75 Å². The van der Waals surface area contributed by atoms with Crippen LogP contribution in [0.3, 0.4) is 0 Å². The van der Waals surface area contributed by atoms with E-state index in [1.807, 2.05) is 24.3 Å². The number of guanidine groups is 1. The second kappa shape index (κ2) is 11.7. The molecule has 0 amide bonds. The van der Waals surface area contributed by atoms with Crippen LogP contribution in [0.25, 0.3) is 0 Å². The number of ether oxygens (including phenoxy) is 1. The number of nitrogens with two attached hydrogens (primary N) is 1. The lowest BCUT2D eigenvalue weighted by molar-refractivity contribution is 0.225. The molecular formula is C23H37N5O. The first kappa shape index (κ1) is 23.0. The van der Waals surface area contributed by atoms with Crippen molar-refractivity contribution in [2.45, 2.75) is 65.3 Å². The molecule has 1 aromatic rings. The third kappa shape index (κ3) is 7.58. The predicted molar refractivity (Wildman–Crippen MR) is 119 cm³/mol.